The molecule has 4 fully saturated rings. The van der Waals surface area contributed by atoms with Gasteiger partial charge in [0.1, 0.15) is 50.2 Å². The van der Waals surface area contributed by atoms with E-state index in [1.54, 1.807) is 25.2 Å². The molecule has 0 aromatic heterocycles. The highest BCUT2D eigenvalue weighted by molar-refractivity contribution is 6.03. The quantitative estimate of drug-likeness (QED) is 0.0445. The number of nitrogens with zero attached hydrogens (tertiary/aromatic N) is 4. The molecule has 5 aliphatic heterocycles. The van der Waals surface area contributed by atoms with E-state index in [9.17, 15) is 4.79 Å². The van der Waals surface area contributed by atoms with E-state index in [0.29, 0.717) is 48.9 Å². The van der Waals surface area contributed by atoms with Crippen molar-refractivity contribution in [2.75, 3.05) is 89.3 Å². The minimum Gasteiger partial charge on any atom is -0.488 e. The molecule has 9 rings (SSSR count). The lowest BCUT2D eigenvalue weighted by Gasteiger charge is -2.26. The average Bonchev–Trinajstić information content (AvgIpc) is 4.01. The Labute approximate surface area is 333 Å². The smallest absolute Gasteiger partial charge is 0.251 e. The van der Waals surface area contributed by atoms with Crippen LogP contribution in [0.25, 0.3) is 33.4 Å². The van der Waals surface area contributed by atoms with Crippen molar-refractivity contribution >= 4 is 33.9 Å². The number of anilines is 3. The standard InChI is InChI=1S/C41H43N5O12/c1-42-41(47)25-7-13-32(31(16-25)46(22-38-55-56-38)23-39-57-58-39)48-14-15-49-35-17-24(6-12-30(35)45(20-36-51-52-36)21-37-53-54-37)40-28-10-8-26(43(2)3)18-33(28)50-34-19-27(44(4)5)9-11-29(34)40/h6-13,16-19,36-39H,14-15,20-23H2,1-5H3/p+1. The van der Waals surface area contributed by atoms with Gasteiger partial charge in [-0.3, -0.25) is 4.79 Å². The molecular formula is C41H44N5O12+. The maximum atomic E-state index is 12.6. The monoisotopic (exact) mass is 798 g/mol. The highest BCUT2D eigenvalue weighted by Crippen LogP contribution is 2.44. The predicted molar refractivity (Wildman–Crippen MR) is 209 cm³/mol. The fourth-order valence-corrected chi connectivity index (χ4v) is 6.92. The Morgan fingerprint density at radius 1 is 0.690 bits per heavy atom. The molecule has 17 nitrogen and oxygen atoms in total. The number of ether oxygens (including phenoxy) is 2. The molecule has 4 saturated heterocycles. The largest absolute Gasteiger partial charge is 0.488 e. The Kier molecular flexibility index (Phi) is 10.5. The van der Waals surface area contributed by atoms with Crippen LogP contribution in [0, 0.1) is 0 Å². The first-order valence-corrected chi connectivity index (χ1v) is 18.9. The van der Waals surface area contributed by atoms with E-state index in [1.807, 2.05) is 45.2 Å². The van der Waals surface area contributed by atoms with Gasteiger partial charge < -0.3 is 33.9 Å². The van der Waals surface area contributed by atoms with Gasteiger partial charge in [-0.05, 0) is 54.1 Å². The molecule has 1 N–H and O–H groups in total. The van der Waals surface area contributed by atoms with Crippen LogP contribution in [0.5, 0.6) is 11.5 Å². The van der Waals surface area contributed by atoms with Crippen LogP contribution in [0.1, 0.15) is 10.4 Å². The zero-order valence-electron chi connectivity index (χ0n) is 32.7. The Bertz CT molecular complexity index is 2320. The molecule has 0 radical (unpaired) electrons. The zero-order chi connectivity index (χ0) is 39.9. The molecule has 6 aliphatic rings. The Hall–Kier alpha value is -5.50. The normalized spacial score (nSPS) is 16.4. The van der Waals surface area contributed by atoms with Crippen molar-refractivity contribution in [1.82, 2.24) is 9.89 Å². The molecule has 0 unspecified atom stereocenters. The lowest BCUT2D eigenvalue weighted by molar-refractivity contribution is 0.0850. The molecule has 3 aromatic rings. The van der Waals surface area contributed by atoms with Crippen molar-refractivity contribution in [2.45, 2.75) is 25.2 Å². The number of rotatable bonds is 18. The van der Waals surface area contributed by atoms with E-state index in [2.05, 4.69) is 62.2 Å². The molecule has 5 heterocycles. The van der Waals surface area contributed by atoms with Crippen molar-refractivity contribution < 1.29 is 57.8 Å². The van der Waals surface area contributed by atoms with E-state index in [0.717, 1.165) is 50.2 Å². The molecule has 1 amide bonds. The van der Waals surface area contributed by atoms with Crippen LogP contribution >= 0.6 is 0 Å². The van der Waals surface area contributed by atoms with Crippen LogP contribution in [-0.4, -0.2) is 106 Å². The van der Waals surface area contributed by atoms with Crippen molar-refractivity contribution in [3.63, 3.8) is 0 Å². The molecule has 304 valence electrons. The summed E-state index contributed by atoms with van der Waals surface area (Å²) in [5.41, 5.74) is 6.55. The van der Waals surface area contributed by atoms with Crippen LogP contribution < -0.4 is 39.4 Å². The summed E-state index contributed by atoms with van der Waals surface area (Å²) < 4.78 is 21.7. The van der Waals surface area contributed by atoms with E-state index in [-0.39, 0.29) is 19.1 Å². The molecular weight excluding hydrogens is 754 g/mol. The number of hydrogen-bond donors (Lipinski definition) is 1. The molecule has 3 aromatic carbocycles. The highest BCUT2D eigenvalue weighted by atomic mass is 17.4. The van der Waals surface area contributed by atoms with Crippen molar-refractivity contribution in [1.29, 1.82) is 0 Å². The third-order valence-corrected chi connectivity index (χ3v) is 10.1. The third-order valence-electron chi connectivity index (χ3n) is 10.1. The highest BCUT2D eigenvalue weighted by Gasteiger charge is 2.37. The number of carbonyl (C=O) groups is 1. The van der Waals surface area contributed by atoms with Crippen LogP contribution in [0.3, 0.4) is 0 Å². The Balaban J connectivity index is 1.06. The minimum atomic E-state index is -0.428. The van der Waals surface area contributed by atoms with Gasteiger partial charge >= 0.3 is 0 Å². The predicted octanol–water partition coefficient (Wildman–Crippen LogP) is 3.88. The number of fused-ring (bicyclic) bond motifs is 2. The fraction of sp³-hybridized carbons (Fsp3) is 0.366. The van der Waals surface area contributed by atoms with Gasteiger partial charge in [0.05, 0.1) is 43.6 Å². The first kappa shape index (κ1) is 38.0. The lowest BCUT2D eigenvalue weighted by Crippen LogP contribution is -2.32. The van der Waals surface area contributed by atoms with E-state index < -0.39 is 25.2 Å². The van der Waals surface area contributed by atoms with Gasteiger partial charge in [0.2, 0.25) is 30.5 Å². The maximum Gasteiger partial charge on any atom is 0.251 e. The van der Waals surface area contributed by atoms with Gasteiger partial charge in [-0.15, -0.1) is 0 Å². The van der Waals surface area contributed by atoms with E-state index in [1.165, 1.54) is 0 Å². The fourth-order valence-electron chi connectivity index (χ4n) is 6.92. The third kappa shape index (κ3) is 8.66. The van der Waals surface area contributed by atoms with Crippen molar-refractivity contribution in [3.05, 3.63) is 83.7 Å². The van der Waals surface area contributed by atoms with Crippen LogP contribution in [-0.2, 0) is 39.1 Å². The van der Waals surface area contributed by atoms with Gasteiger partial charge in [0, 0.05) is 61.0 Å². The minimum absolute atomic E-state index is 0.164. The molecule has 1 aliphatic carbocycles. The molecule has 58 heavy (non-hydrogen) atoms. The second-order valence-corrected chi connectivity index (χ2v) is 14.6. The summed E-state index contributed by atoms with van der Waals surface area (Å²) >= 11 is 0. The van der Waals surface area contributed by atoms with Crippen molar-refractivity contribution in [3.8, 4) is 33.9 Å². The summed E-state index contributed by atoms with van der Waals surface area (Å²) in [6.07, 6.45) is -1.65. The first-order valence-electron chi connectivity index (χ1n) is 18.9. The summed E-state index contributed by atoms with van der Waals surface area (Å²) in [7, 11) is 9.61. The van der Waals surface area contributed by atoms with E-state index >= 15 is 0 Å². The van der Waals surface area contributed by atoms with Gasteiger partial charge in [-0.1, -0.05) is 6.07 Å². The number of benzene rings is 4. The first-order chi connectivity index (χ1) is 28.2. The lowest BCUT2D eigenvalue weighted by atomic mass is 9.93. The molecule has 17 heteroatoms. The molecule has 0 atom stereocenters. The Morgan fingerprint density at radius 3 is 1.90 bits per heavy atom. The summed E-state index contributed by atoms with van der Waals surface area (Å²) in [4.78, 5) is 59.4. The van der Waals surface area contributed by atoms with Crippen LogP contribution in [0.2, 0.25) is 0 Å². The molecule has 0 saturated carbocycles. The second-order valence-electron chi connectivity index (χ2n) is 14.6. The van der Waals surface area contributed by atoms with E-state index in [4.69, 9.17) is 53.0 Å². The van der Waals surface area contributed by atoms with Gasteiger partial charge in [0.25, 0.3) is 5.91 Å². The summed E-state index contributed by atoms with van der Waals surface area (Å²) in [5, 5.41) is 4.65. The Morgan fingerprint density at radius 2 is 1.31 bits per heavy atom. The average molecular weight is 799 g/mol. The van der Waals surface area contributed by atoms with Crippen LogP contribution in [0.4, 0.5) is 17.1 Å². The summed E-state index contributed by atoms with van der Waals surface area (Å²) in [6.45, 7) is 1.91. The number of amides is 1. The topological polar surface area (TPSA) is 174 Å². The summed E-state index contributed by atoms with van der Waals surface area (Å²) in [5.74, 6) is 1.64. The SMILES string of the molecule is CNC(=O)c1ccc(OCCOc2cc(-c3c4ccc(=[N+](C)C)cc-4oc4cc(N(C)C)ccc34)ccc2N(CC2OO2)CC2OO2)c(N(CC2OO2)CC2OO2)c1. The second kappa shape index (κ2) is 16.0. The summed E-state index contributed by atoms with van der Waals surface area (Å²) in [6, 6.07) is 23.9. The maximum absolute atomic E-state index is 12.6. The van der Waals surface area contributed by atoms with Crippen LogP contribution in [0.15, 0.2) is 77.2 Å². The number of carbonyl (C=O) groups excluding carboxylic acids is 1. The van der Waals surface area contributed by atoms with Gasteiger partial charge in [-0.25, -0.2) is 4.58 Å². The molecule has 0 spiro atoms. The van der Waals surface area contributed by atoms with Gasteiger partial charge in [-0.2, -0.15) is 39.1 Å². The zero-order valence-corrected chi connectivity index (χ0v) is 32.7. The van der Waals surface area contributed by atoms with Crippen molar-refractivity contribution in [2.24, 2.45) is 0 Å². The number of hydrogen-bond acceptors (Lipinski definition) is 15. The number of nitrogens with one attached hydrogen (secondary N) is 1. The van der Waals surface area contributed by atoms with Gasteiger partial charge in [0.15, 0.2) is 0 Å². The molecule has 0 bridgehead atoms.